The number of rotatable bonds is 4. The van der Waals surface area contributed by atoms with Gasteiger partial charge in [0.05, 0.1) is 6.21 Å². The topological polar surface area (TPSA) is 46.0 Å². The summed E-state index contributed by atoms with van der Waals surface area (Å²) in [4.78, 5) is 4.37. The number of nitrogens with one attached hydrogen (secondary N) is 1. The zero-order valence-corrected chi connectivity index (χ0v) is 11.1. The van der Waals surface area contributed by atoms with Crippen LogP contribution < -0.4 is 10.2 Å². The summed E-state index contributed by atoms with van der Waals surface area (Å²) in [5.41, 5.74) is 3.36. The number of halogens is 2. The van der Waals surface area contributed by atoms with E-state index in [1.54, 1.807) is 18.2 Å². The Morgan fingerprint density at radius 2 is 2.10 bits per heavy atom. The molecule has 0 saturated heterocycles. The molecule has 1 aliphatic heterocycles. The average Bonchev–Trinajstić information content (AvgIpc) is 2.69. The fraction of sp³-hybridized carbons (Fsp3) is 0.429. The zero-order chi connectivity index (χ0) is 14.2. The van der Waals surface area contributed by atoms with Gasteiger partial charge in [-0.1, -0.05) is 18.6 Å². The van der Waals surface area contributed by atoms with Gasteiger partial charge in [0.1, 0.15) is 11.6 Å². The first kappa shape index (κ1) is 14.4. The molecular weight excluding hydrogens is 264 g/mol. The van der Waals surface area contributed by atoms with Gasteiger partial charge in [0.2, 0.25) is 0 Å². The van der Waals surface area contributed by atoms with E-state index >= 15 is 0 Å². The average molecular weight is 281 g/mol. The quantitative estimate of drug-likeness (QED) is 0.680. The van der Waals surface area contributed by atoms with Gasteiger partial charge >= 0.3 is 6.61 Å². The third-order valence-electron chi connectivity index (χ3n) is 2.91. The van der Waals surface area contributed by atoms with Gasteiger partial charge < -0.3 is 4.74 Å². The highest BCUT2D eigenvalue weighted by molar-refractivity contribution is 5.86. The predicted octanol–water partition coefficient (Wildman–Crippen LogP) is 3.18. The van der Waals surface area contributed by atoms with Gasteiger partial charge in [-0.15, -0.1) is 0 Å². The van der Waals surface area contributed by atoms with Gasteiger partial charge in [-0.3, -0.25) is 10.4 Å². The van der Waals surface area contributed by atoms with Crippen LogP contribution in [-0.4, -0.2) is 25.2 Å². The summed E-state index contributed by atoms with van der Waals surface area (Å²) in [5, 5.41) is 4.04. The number of nitrogens with zero attached hydrogens (tertiary/aromatic N) is 2. The van der Waals surface area contributed by atoms with Gasteiger partial charge in [0.25, 0.3) is 0 Å². The standard InChI is InChI=1S/C14H17F2N3O/c15-14(16)20-12-7-4-3-6-11(12)10-18-19-13-8-2-1-5-9-17-13/h3-4,6-7,10,14H,1-2,5,8-9H2,(H,17,19)/b18-10-. The molecule has 6 heteroatoms. The molecule has 0 radical (unpaired) electrons. The number of benzene rings is 1. The van der Waals surface area contributed by atoms with Crippen molar-refractivity contribution in [3.05, 3.63) is 29.8 Å². The molecule has 0 spiro atoms. The van der Waals surface area contributed by atoms with E-state index in [1.165, 1.54) is 18.7 Å². The normalized spacial score (nSPS) is 16.1. The highest BCUT2D eigenvalue weighted by atomic mass is 19.3. The second kappa shape index (κ2) is 7.57. The third-order valence-corrected chi connectivity index (χ3v) is 2.91. The molecule has 1 aromatic carbocycles. The van der Waals surface area contributed by atoms with Gasteiger partial charge in [-0.2, -0.15) is 13.9 Å². The number of ether oxygens (including phenoxy) is 1. The van der Waals surface area contributed by atoms with Crippen LogP contribution in [0, 0.1) is 0 Å². The molecule has 4 nitrogen and oxygen atoms in total. The van der Waals surface area contributed by atoms with Crippen molar-refractivity contribution in [1.82, 2.24) is 5.43 Å². The Morgan fingerprint density at radius 1 is 1.25 bits per heavy atom. The Balaban J connectivity index is 1.98. The van der Waals surface area contributed by atoms with Crippen molar-refractivity contribution in [3.63, 3.8) is 0 Å². The molecule has 0 unspecified atom stereocenters. The number of alkyl halides is 2. The lowest BCUT2D eigenvalue weighted by atomic mass is 10.2. The summed E-state index contributed by atoms with van der Waals surface area (Å²) in [5.74, 6) is 0.946. The third kappa shape index (κ3) is 4.60. The lowest BCUT2D eigenvalue weighted by Gasteiger charge is -2.07. The van der Waals surface area contributed by atoms with E-state index in [9.17, 15) is 8.78 Å². The molecule has 1 aromatic rings. The van der Waals surface area contributed by atoms with Crippen molar-refractivity contribution in [2.75, 3.05) is 6.54 Å². The summed E-state index contributed by atoms with van der Waals surface area (Å²) in [7, 11) is 0. The van der Waals surface area contributed by atoms with E-state index in [0.29, 0.717) is 5.56 Å². The molecule has 1 aliphatic rings. The van der Waals surface area contributed by atoms with E-state index in [0.717, 1.165) is 31.6 Å². The monoisotopic (exact) mass is 281 g/mol. The van der Waals surface area contributed by atoms with Crippen LogP contribution in [0.1, 0.15) is 31.2 Å². The van der Waals surface area contributed by atoms with Crippen LogP contribution in [0.25, 0.3) is 0 Å². The molecular formula is C14H17F2N3O. The first-order valence-corrected chi connectivity index (χ1v) is 6.62. The van der Waals surface area contributed by atoms with Gasteiger partial charge in [0, 0.05) is 18.5 Å². The highest BCUT2D eigenvalue weighted by Crippen LogP contribution is 2.18. The molecule has 0 fully saturated rings. The molecule has 0 aromatic heterocycles. The molecule has 108 valence electrons. The van der Waals surface area contributed by atoms with Crippen LogP contribution in [-0.2, 0) is 0 Å². The van der Waals surface area contributed by atoms with E-state index in [-0.39, 0.29) is 5.75 Å². The first-order chi connectivity index (χ1) is 9.75. The fourth-order valence-electron chi connectivity index (χ4n) is 1.93. The Morgan fingerprint density at radius 3 is 2.95 bits per heavy atom. The van der Waals surface area contributed by atoms with Crippen LogP contribution in [0.4, 0.5) is 8.78 Å². The number of aliphatic imine (C=N–C) groups is 1. The predicted molar refractivity (Wildman–Crippen MR) is 74.6 cm³/mol. The van der Waals surface area contributed by atoms with Crippen molar-refractivity contribution in [2.24, 2.45) is 10.1 Å². The van der Waals surface area contributed by atoms with Crippen LogP contribution in [0.15, 0.2) is 34.4 Å². The fourth-order valence-corrected chi connectivity index (χ4v) is 1.93. The molecule has 0 bridgehead atoms. The van der Waals surface area contributed by atoms with Crippen molar-refractivity contribution in [1.29, 1.82) is 0 Å². The summed E-state index contributed by atoms with van der Waals surface area (Å²) in [6.45, 7) is -2.04. The minimum Gasteiger partial charge on any atom is -0.434 e. The minimum atomic E-state index is -2.84. The maximum Gasteiger partial charge on any atom is 0.387 e. The molecule has 1 N–H and O–H groups in total. The summed E-state index contributed by atoms with van der Waals surface area (Å²) in [6.07, 6.45) is 5.69. The minimum absolute atomic E-state index is 0.107. The lowest BCUT2D eigenvalue weighted by molar-refractivity contribution is -0.0499. The number of para-hydroxylation sites is 1. The molecule has 0 amide bonds. The maximum absolute atomic E-state index is 12.3. The largest absolute Gasteiger partial charge is 0.434 e. The Labute approximate surface area is 116 Å². The number of hydrogen-bond donors (Lipinski definition) is 1. The summed E-state index contributed by atoms with van der Waals surface area (Å²) < 4.78 is 28.9. The van der Waals surface area contributed by atoms with Gasteiger partial charge in [0.15, 0.2) is 0 Å². The lowest BCUT2D eigenvalue weighted by Crippen LogP contribution is -2.17. The molecule has 1 heterocycles. The van der Waals surface area contributed by atoms with Crippen LogP contribution >= 0.6 is 0 Å². The van der Waals surface area contributed by atoms with E-state index in [1.807, 2.05) is 0 Å². The SMILES string of the molecule is FC(F)Oc1ccccc1/C=N\NC1=NCCCCC1. The van der Waals surface area contributed by atoms with Crippen molar-refractivity contribution in [3.8, 4) is 5.75 Å². The molecule has 20 heavy (non-hydrogen) atoms. The number of hydrogen-bond acceptors (Lipinski definition) is 4. The molecule has 0 atom stereocenters. The van der Waals surface area contributed by atoms with Crippen LogP contribution in [0.3, 0.4) is 0 Å². The van der Waals surface area contributed by atoms with Gasteiger partial charge in [-0.25, -0.2) is 0 Å². The smallest absolute Gasteiger partial charge is 0.387 e. The van der Waals surface area contributed by atoms with E-state index in [2.05, 4.69) is 20.3 Å². The maximum atomic E-state index is 12.3. The second-order valence-corrected chi connectivity index (χ2v) is 4.43. The van der Waals surface area contributed by atoms with Crippen LogP contribution in [0.2, 0.25) is 0 Å². The number of amidine groups is 1. The molecule has 2 rings (SSSR count). The number of hydrazone groups is 1. The highest BCUT2D eigenvalue weighted by Gasteiger charge is 2.07. The van der Waals surface area contributed by atoms with Crippen molar-refractivity contribution < 1.29 is 13.5 Å². The van der Waals surface area contributed by atoms with Crippen molar-refractivity contribution in [2.45, 2.75) is 32.3 Å². The zero-order valence-electron chi connectivity index (χ0n) is 11.1. The first-order valence-electron chi connectivity index (χ1n) is 6.62. The van der Waals surface area contributed by atoms with Crippen molar-refractivity contribution >= 4 is 12.1 Å². The second-order valence-electron chi connectivity index (χ2n) is 4.43. The summed E-state index contributed by atoms with van der Waals surface area (Å²) in [6, 6.07) is 6.52. The van der Waals surface area contributed by atoms with E-state index in [4.69, 9.17) is 0 Å². The molecule has 0 aliphatic carbocycles. The van der Waals surface area contributed by atoms with Gasteiger partial charge in [-0.05, 0) is 25.0 Å². The summed E-state index contributed by atoms with van der Waals surface area (Å²) >= 11 is 0. The van der Waals surface area contributed by atoms with E-state index < -0.39 is 6.61 Å². The Hall–Kier alpha value is -1.98. The Bertz CT molecular complexity index is 489. The molecule has 0 saturated carbocycles. The Kier molecular flexibility index (Phi) is 5.46. The van der Waals surface area contributed by atoms with Crippen LogP contribution in [0.5, 0.6) is 5.75 Å².